The maximum Gasteiger partial charge on any atom is 0.0782 e. The van der Waals surface area contributed by atoms with Crippen molar-refractivity contribution in [3.63, 3.8) is 0 Å². The first-order valence-corrected chi connectivity index (χ1v) is 15.8. The second-order valence-corrected chi connectivity index (χ2v) is 11.8. The normalized spacial score (nSPS) is 12.3. The molecular weight excluding hydrogens is 556 g/mol. The molecule has 1 aliphatic rings. The smallest absolute Gasteiger partial charge is 0.0782 e. The molecule has 0 bridgehead atoms. The number of nitrogens with zero attached hydrogens (tertiary/aromatic N) is 2. The fraction of sp³-hybridized carbons (Fsp3) is 0. The molecule has 1 heterocycles. The van der Waals surface area contributed by atoms with Crippen molar-refractivity contribution < 1.29 is 0 Å². The van der Waals surface area contributed by atoms with Gasteiger partial charge in [-0.1, -0.05) is 146 Å². The van der Waals surface area contributed by atoms with Gasteiger partial charge in [0.1, 0.15) is 0 Å². The molecule has 216 valence electrons. The molecule has 0 unspecified atom stereocenters. The van der Waals surface area contributed by atoms with Gasteiger partial charge in [0, 0.05) is 22.1 Å². The van der Waals surface area contributed by atoms with Crippen LogP contribution < -0.4 is 9.80 Å². The molecule has 0 aromatic heterocycles. The molecule has 0 saturated carbocycles. The van der Waals surface area contributed by atoms with E-state index in [0.717, 1.165) is 22.7 Å². The van der Waals surface area contributed by atoms with Crippen molar-refractivity contribution in [3.05, 3.63) is 182 Å². The van der Waals surface area contributed by atoms with Crippen LogP contribution in [0.15, 0.2) is 182 Å². The Morgan fingerprint density at radius 2 is 0.609 bits per heavy atom. The number of anilines is 6. The van der Waals surface area contributed by atoms with Crippen LogP contribution in [0.4, 0.5) is 34.1 Å². The number of benzene rings is 8. The lowest BCUT2D eigenvalue weighted by molar-refractivity contribution is 1.19. The molecule has 8 aromatic rings. The number of fused-ring (bicyclic) bond motifs is 6. The van der Waals surface area contributed by atoms with Crippen LogP contribution in [0.2, 0.25) is 0 Å². The van der Waals surface area contributed by atoms with Gasteiger partial charge in [0.25, 0.3) is 0 Å². The summed E-state index contributed by atoms with van der Waals surface area (Å²) in [5.74, 6) is 0. The van der Waals surface area contributed by atoms with Crippen LogP contribution >= 0.6 is 0 Å². The van der Waals surface area contributed by atoms with E-state index in [9.17, 15) is 0 Å². The standard InChI is InChI=1S/C44H30N2/c1-3-11-31(12-4-1)33-19-25-37(26-20-33)45-41-29-23-36-16-8-10-18-40(36)44(41)46(42-30-24-35-15-7-9-17-39(35)43(42)45)38-27-21-34(22-28-38)32-13-5-2-6-14-32/h1-30H. The van der Waals surface area contributed by atoms with E-state index in [0.29, 0.717) is 0 Å². The molecule has 0 saturated heterocycles. The molecule has 1 aliphatic heterocycles. The van der Waals surface area contributed by atoms with Crippen LogP contribution in [-0.2, 0) is 0 Å². The van der Waals surface area contributed by atoms with Crippen LogP contribution in [0.25, 0.3) is 43.8 Å². The van der Waals surface area contributed by atoms with Gasteiger partial charge in [0.2, 0.25) is 0 Å². The number of rotatable bonds is 4. The molecule has 46 heavy (non-hydrogen) atoms. The van der Waals surface area contributed by atoms with Crippen molar-refractivity contribution in [3.8, 4) is 22.3 Å². The highest BCUT2D eigenvalue weighted by molar-refractivity contribution is 6.17. The molecule has 8 aromatic carbocycles. The van der Waals surface area contributed by atoms with E-state index in [2.05, 4.69) is 192 Å². The zero-order valence-corrected chi connectivity index (χ0v) is 25.2. The van der Waals surface area contributed by atoms with Crippen LogP contribution in [0, 0.1) is 0 Å². The molecule has 9 rings (SSSR count). The van der Waals surface area contributed by atoms with E-state index < -0.39 is 0 Å². The Bertz CT molecular complexity index is 2170. The van der Waals surface area contributed by atoms with Gasteiger partial charge >= 0.3 is 0 Å². The van der Waals surface area contributed by atoms with Crippen LogP contribution in [0.5, 0.6) is 0 Å². The van der Waals surface area contributed by atoms with Gasteiger partial charge in [-0.3, -0.25) is 0 Å². The third kappa shape index (κ3) is 4.27. The Morgan fingerprint density at radius 3 is 1.02 bits per heavy atom. The minimum atomic E-state index is 1.13. The highest BCUT2D eigenvalue weighted by Crippen LogP contribution is 2.58. The Kier molecular flexibility index (Phi) is 6.17. The highest BCUT2D eigenvalue weighted by atomic mass is 15.3. The summed E-state index contributed by atoms with van der Waals surface area (Å²) in [6.45, 7) is 0. The summed E-state index contributed by atoms with van der Waals surface area (Å²) in [6.07, 6.45) is 0. The monoisotopic (exact) mass is 586 g/mol. The largest absolute Gasteiger partial charge is 0.306 e. The average molecular weight is 587 g/mol. The van der Waals surface area contributed by atoms with Gasteiger partial charge in [-0.2, -0.15) is 0 Å². The topological polar surface area (TPSA) is 6.48 Å². The summed E-state index contributed by atoms with van der Waals surface area (Å²) in [5.41, 5.74) is 11.8. The first-order valence-electron chi connectivity index (χ1n) is 15.8. The quantitative estimate of drug-likeness (QED) is 0.202. The molecule has 0 amide bonds. The second kappa shape index (κ2) is 10.8. The highest BCUT2D eigenvalue weighted by Gasteiger charge is 2.33. The molecule has 2 heteroatoms. The molecule has 0 fully saturated rings. The van der Waals surface area contributed by atoms with Crippen molar-refractivity contribution in [1.82, 2.24) is 0 Å². The summed E-state index contributed by atoms with van der Waals surface area (Å²) in [5, 5.41) is 4.88. The van der Waals surface area contributed by atoms with Gasteiger partial charge in [-0.25, -0.2) is 0 Å². The van der Waals surface area contributed by atoms with Crippen LogP contribution in [0.1, 0.15) is 0 Å². The van der Waals surface area contributed by atoms with Crippen LogP contribution in [0.3, 0.4) is 0 Å². The summed E-state index contributed by atoms with van der Waals surface area (Å²) < 4.78 is 0. The van der Waals surface area contributed by atoms with E-state index >= 15 is 0 Å². The van der Waals surface area contributed by atoms with E-state index in [4.69, 9.17) is 0 Å². The third-order valence-electron chi connectivity index (χ3n) is 9.15. The molecule has 0 atom stereocenters. The van der Waals surface area contributed by atoms with Crippen molar-refractivity contribution in [2.45, 2.75) is 0 Å². The SMILES string of the molecule is c1ccc(-c2ccc(N3c4ccc5ccccc5c4N(c4ccc(-c5ccccc5)cc4)c4ccc5ccccc5c43)cc2)cc1. The lowest BCUT2D eigenvalue weighted by Crippen LogP contribution is -2.24. The Morgan fingerprint density at radius 1 is 0.261 bits per heavy atom. The van der Waals surface area contributed by atoms with Crippen molar-refractivity contribution in [2.75, 3.05) is 9.80 Å². The molecular formula is C44H30N2. The van der Waals surface area contributed by atoms with E-state index in [1.165, 1.54) is 55.2 Å². The van der Waals surface area contributed by atoms with E-state index in [-0.39, 0.29) is 0 Å². The first kappa shape index (κ1) is 26.3. The Balaban J connectivity index is 1.30. The second-order valence-electron chi connectivity index (χ2n) is 11.8. The number of hydrogen-bond donors (Lipinski definition) is 0. The molecule has 2 nitrogen and oxygen atoms in total. The summed E-state index contributed by atoms with van der Waals surface area (Å²) in [7, 11) is 0. The summed E-state index contributed by atoms with van der Waals surface area (Å²) in [6, 6.07) is 65.8. The first-order chi connectivity index (χ1) is 22.8. The predicted molar refractivity (Wildman–Crippen MR) is 195 cm³/mol. The van der Waals surface area contributed by atoms with Gasteiger partial charge in [0.05, 0.1) is 22.7 Å². The van der Waals surface area contributed by atoms with Gasteiger partial charge in [-0.15, -0.1) is 0 Å². The Hall–Kier alpha value is -6.12. The third-order valence-corrected chi connectivity index (χ3v) is 9.15. The maximum atomic E-state index is 2.46. The van der Waals surface area contributed by atoms with Crippen molar-refractivity contribution >= 4 is 55.7 Å². The van der Waals surface area contributed by atoms with E-state index in [1.54, 1.807) is 0 Å². The zero-order valence-electron chi connectivity index (χ0n) is 25.2. The van der Waals surface area contributed by atoms with E-state index in [1.807, 2.05) is 0 Å². The average Bonchev–Trinajstić information content (AvgIpc) is 3.14. The lowest BCUT2D eigenvalue weighted by Gasteiger charge is -2.41. The molecule has 0 N–H and O–H groups in total. The maximum absolute atomic E-state index is 2.46. The van der Waals surface area contributed by atoms with Crippen LogP contribution in [-0.4, -0.2) is 0 Å². The number of hydrogen-bond acceptors (Lipinski definition) is 2. The van der Waals surface area contributed by atoms with Gasteiger partial charge in [0.15, 0.2) is 0 Å². The van der Waals surface area contributed by atoms with Crippen molar-refractivity contribution in [1.29, 1.82) is 0 Å². The minimum absolute atomic E-state index is 1.13. The summed E-state index contributed by atoms with van der Waals surface area (Å²) >= 11 is 0. The van der Waals surface area contributed by atoms with Gasteiger partial charge in [-0.05, 0) is 69.4 Å². The summed E-state index contributed by atoms with van der Waals surface area (Å²) in [4.78, 5) is 4.92. The molecule has 0 aliphatic carbocycles. The lowest BCUT2D eigenvalue weighted by atomic mass is 9.96. The zero-order chi connectivity index (χ0) is 30.5. The van der Waals surface area contributed by atoms with Crippen molar-refractivity contribution in [2.24, 2.45) is 0 Å². The fourth-order valence-corrected chi connectivity index (χ4v) is 6.96. The Labute approximate surface area is 269 Å². The fourth-order valence-electron chi connectivity index (χ4n) is 6.96. The molecule has 0 spiro atoms. The molecule has 0 radical (unpaired) electrons. The van der Waals surface area contributed by atoms with Gasteiger partial charge < -0.3 is 9.80 Å². The minimum Gasteiger partial charge on any atom is -0.306 e. The predicted octanol–water partition coefficient (Wildman–Crippen LogP) is 12.6.